The Balaban J connectivity index is 1.36. The molecule has 32 heavy (non-hydrogen) atoms. The summed E-state index contributed by atoms with van der Waals surface area (Å²) in [5.74, 6) is -1.26. The summed E-state index contributed by atoms with van der Waals surface area (Å²) in [7, 11) is 0. The molecule has 0 saturated heterocycles. The molecule has 2 heterocycles. The minimum atomic E-state index is -1.26. The molecule has 0 spiro atoms. The summed E-state index contributed by atoms with van der Waals surface area (Å²) in [6.45, 7) is 3.40. The van der Waals surface area contributed by atoms with Gasteiger partial charge in [0.05, 0.1) is 10.2 Å². The SMILES string of the molecule is CC(C)(C(=O)O)N1Cc2cc(-c3ccc(Nc4nc5ccccc5s4)cc3)ccc2C1=O. The number of carbonyl (C=O) groups is 2. The van der Waals surface area contributed by atoms with Crippen LogP contribution in [0.25, 0.3) is 21.3 Å². The first-order valence-electron chi connectivity index (χ1n) is 10.2. The number of thiazole rings is 1. The number of rotatable bonds is 5. The monoisotopic (exact) mass is 443 g/mol. The van der Waals surface area contributed by atoms with E-state index in [1.807, 2.05) is 54.6 Å². The Morgan fingerprint density at radius 3 is 2.50 bits per heavy atom. The zero-order valence-electron chi connectivity index (χ0n) is 17.6. The largest absolute Gasteiger partial charge is 0.480 e. The van der Waals surface area contributed by atoms with Gasteiger partial charge < -0.3 is 15.3 Å². The minimum absolute atomic E-state index is 0.241. The molecule has 0 saturated carbocycles. The molecule has 1 aromatic heterocycles. The van der Waals surface area contributed by atoms with Crippen LogP contribution in [0, 0.1) is 0 Å². The van der Waals surface area contributed by atoms with Crippen molar-refractivity contribution >= 4 is 44.2 Å². The molecule has 1 amide bonds. The normalized spacial score (nSPS) is 13.4. The lowest BCUT2D eigenvalue weighted by atomic mass is 10.0. The van der Waals surface area contributed by atoms with Gasteiger partial charge in [0.1, 0.15) is 5.54 Å². The topological polar surface area (TPSA) is 82.5 Å². The van der Waals surface area contributed by atoms with Crippen molar-refractivity contribution in [3.05, 3.63) is 77.9 Å². The lowest BCUT2D eigenvalue weighted by molar-refractivity contribution is -0.147. The number of para-hydroxylation sites is 1. The standard InChI is InChI=1S/C25H21N3O3S/c1-25(2,23(30)31)28-14-17-13-16(9-12-19(17)22(28)29)15-7-10-18(11-8-15)26-24-27-20-5-3-4-6-21(20)32-24/h3-13H,14H2,1-2H3,(H,26,27)(H,30,31). The van der Waals surface area contributed by atoms with E-state index >= 15 is 0 Å². The first-order chi connectivity index (χ1) is 15.3. The summed E-state index contributed by atoms with van der Waals surface area (Å²) in [6, 6.07) is 21.7. The third kappa shape index (κ3) is 3.40. The van der Waals surface area contributed by atoms with Crippen molar-refractivity contribution in [3.8, 4) is 11.1 Å². The van der Waals surface area contributed by atoms with Gasteiger partial charge in [0.25, 0.3) is 5.91 Å². The van der Waals surface area contributed by atoms with Gasteiger partial charge in [0, 0.05) is 17.8 Å². The van der Waals surface area contributed by atoms with E-state index in [0.29, 0.717) is 12.1 Å². The summed E-state index contributed by atoms with van der Waals surface area (Å²) in [4.78, 5) is 30.3. The van der Waals surface area contributed by atoms with Crippen molar-refractivity contribution in [1.29, 1.82) is 0 Å². The number of carboxylic acid groups (broad SMARTS) is 1. The molecule has 0 aliphatic carbocycles. The van der Waals surface area contributed by atoms with Crippen LogP contribution in [0.2, 0.25) is 0 Å². The van der Waals surface area contributed by atoms with Crippen LogP contribution in [0.15, 0.2) is 66.7 Å². The number of carboxylic acids is 1. The van der Waals surface area contributed by atoms with E-state index in [-0.39, 0.29) is 5.91 Å². The second kappa shape index (κ2) is 7.46. The Kier molecular flexibility index (Phi) is 4.71. The Morgan fingerprint density at radius 1 is 1.06 bits per heavy atom. The van der Waals surface area contributed by atoms with Crippen molar-refractivity contribution in [2.45, 2.75) is 25.9 Å². The fraction of sp³-hybridized carbons (Fsp3) is 0.160. The van der Waals surface area contributed by atoms with E-state index in [2.05, 4.69) is 16.4 Å². The van der Waals surface area contributed by atoms with Crippen molar-refractivity contribution in [1.82, 2.24) is 9.88 Å². The fourth-order valence-corrected chi connectivity index (χ4v) is 4.75. The van der Waals surface area contributed by atoms with Gasteiger partial charge in [-0.15, -0.1) is 0 Å². The molecule has 0 atom stereocenters. The predicted molar refractivity (Wildman–Crippen MR) is 126 cm³/mol. The number of aromatic nitrogens is 1. The molecule has 0 fully saturated rings. The Morgan fingerprint density at radius 2 is 1.78 bits per heavy atom. The van der Waals surface area contributed by atoms with Gasteiger partial charge in [-0.2, -0.15) is 0 Å². The van der Waals surface area contributed by atoms with Crippen molar-refractivity contribution in [2.75, 3.05) is 5.32 Å². The van der Waals surface area contributed by atoms with Crippen molar-refractivity contribution in [2.24, 2.45) is 0 Å². The minimum Gasteiger partial charge on any atom is -0.480 e. The van der Waals surface area contributed by atoms with Gasteiger partial charge >= 0.3 is 5.97 Å². The molecule has 3 aromatic carbocycles. The molecule has 7 heteroatoms. The average Bonchev–Trinajstić information content (AvgIpc) is 3.34. The molecule has 160 valence electrons. The predicted octanol–water partition coefficient (Wildman–Crippen LogP) is 5.53. The van der Waals surface area contributed by atoms with E-state index in [9.17, 15) is 14.7 Å². The smallest absolute Gasteiger partial charge is 0.329 e. The molecule has 0 radical (unpaired) electrons. The van der Waals surface area contributed by atoms with Crippen LogP contribution in [0.1, 0.15) is 29.8 Å². The van der Waals surface area contributed by atoms with Crippen LogP contribution in [-0.4, -0.2) is 32.4 Å². The van der Waals surface area contributed by atoms with Gasteiger partial charge in [-0.3, -0.25) is 4.79 Å². The highest BCUT2D eigenvalue weighted by atomic mass is 32.1. The van der Waals surface area contributed by atoms with E-state index in [0.717, 1.165) is 37.7 Å². The molecular formula is C25H21N3O3S. The van der Waals surface area contributed by atoms with Crippen molar-refractivity contribution in [3.63, 3.8) is 0 Å². The van der Waals surface area contributed by atoms with Gasteiger partial charge in [-0.25, -0.2) is 9.78 Å². The summed E-state index contributed by atoms with van der Waals surface area (Å²) in [5.41, 5.74) is 4.08. The van der Waals surface area contributed by atoms with E-state index in [1.165, 1.54) is 4.90 Å². The number of hydrogen-bond acceptors (Lipinski definition) is 5. The van der Waals surface area contributed by atoms with E-state index < -0.39 is 11.5 Å². The number of nitrogens with one attached hydrogen (secondary N) is 1. The third-order valence-corrected chi connectivity index (χ3v) is 6.82. The second-order valence-electron chi connectivity index (χ2n) is 8.32. The first-order valence-corrected chi connectivity index (χ1v) is 11.1. The fourth-order valence-electron chi connectivity index (χ4n) is 3.86. The van der Waals surface area contributed by atoms with Gasteiger partial charge in [0.15, 0.2) is 5.13 Å². The molecule has 1 aliphatic rings. The molecule has 2 N–H and O–H groups in total. The van der Waals surface area contributed by atoms with Gasteiger partial charge in [0.2, 0.25) is 0 Å². The molecule has 0 bridgehead atoms. The summed E-state index contributed by atoms with van der Waals surface area (Å²) in [5, 5.41) is 13.7. The number of fused-ring (bicyclic) bond motifs is 2. The molecule has 1 aliphatic heterocycles. The van der Waals surface area contributed by atoms with Crippen LogP contribution in [0.5, 0.6) is 0 Å². The number of amides is 1. The Labute approximate surface area is 189 Å². The summed E-state index contributed by atoms with van der Waals surface area (Å²) in [6.07, 6.45) is 0. The second-order valence-corrected chi connectivity index (χ2v) is 9.35. The highest BCUT2D eigenvalue weighted by Gasteiger charge is 2.42. The zero-order chi connectivity index (χ0) is 22.5. The van der Waals surface area contributed by atoms with Crippen LogP contribution >= 0.6 is 11.3 Å². The van der Waals surface area contributed by atoms with Crippen molar-refractivity contribution < 1.29 is 14.7 Å². The number of hydrogen-bond donors (Lipinski definition) is 2. The van der Waals surface area contributed by atoms with Gasteiger partial charge in [-0.05, 0) is 66.9 Å². The van der Waals surface area contributed by atoms with Gasteiger partial charge in [-0.1, -0.05) is 41.7 Å². The summed E-state index contributed by atoms with van der Waals surface area (Å²) < 4.78 is 1.14. The van der Waals surface area contributed by atoms with E-state index in [4.69, 9.17) is 0 Å². The Bertz CT molecular complexity index is 1330. The number of nitrogens with zero attached hydrogens (tertiary/aromatic N) is 2. The maximum Gasteiger partial charge on any atom is 0.329 e. The molecule has 6 nitrogen and oxygen atoms in total. The highest BCUT2D eigenvalue weighted by molar-refractivity contribution is 7.22. The maximum atomic E-state index is 12.7. The maximum absolute atomic E-state index is 12.7. The summed E-state index contributed by atoms with van der Waals surface area (Å²) >= 11 is 1.61. The third-order valence-electron chi connectivity index (χ3n) is 5.87. The average molecular weight is 444 g/mol. The number of aliphatic carboxylic acids is 1. The Hall–Kier alpha value is -3.71. The first kappa shape index (κ1) is 20.2. The lowest BCUT2D eigenvalue weighted by Gasteiger charge is -2.31. The van der Waals surface area contributed by atoms with Crippen LogP contribution < -0.4 is 5.32 Å². The number of benzene rings is 3. The van der Waals surface area contributed by atoms with E-state index in [1.54, 1.807) is 31.3 Å². The quantitative estimate of drug-likeness (QED) is 0.424. The van der Waals surface area contributed by atoms with Crippen LogP contribution in [-0.2, 0) is 11.3 Å². The highest BCUT2D eigenvalue weighted by Crippen LogP contribution is 2.34. The molecular weight excluding hydrogens is 422 g/mol. The zero-order valence-corrected chi connectivity index (χ0v) is 18.4. The molecule has 5 rings (SSSR count). The number of anilines is 2. The lowest BCUT2D eigenvalue weighted by Crippen LogP contribution is -2.50. The number of carbonyl (C=O) groups excluding carboxylic acids is 1. The van der Waals surface area contributed by atoms with Crippen LogP contribution in [0.3, 0.4) is 0 Å². The molecule has 0 unspecified atom stereocenters. The molecule has 4 aromatic rings. The van der Waals surface area contributed by atoms with Crippen LogP contribution in [0.4, 0.5) is 10.8 Å².